The molecule has 30 heavy (non-hydrogen) atoms. The van der Waals surface area contributed by atoms with Gasteiger partial charge in [-0.3, -0.25) is 9.48 Å². The molecule has 5 nitrogen and oxygen atoms in total. The summed E-state index contributed by atoms with van der Waals surface area (Å²) in [4.78, 5) is 13.1. The Hall–Kier alpha value is -3.60. The highest BCUT2D eigenvalue weighted by Gasteiger charge is 2.19. The van der Waals surface area contributed by atoms with E-state index >= 15 is 0 Å². The standard InChI is InChI=1S/C25H25N3O2/c1-19(14-15-22-13-8-16-30-22)26-25(29)23-18-28(17-20-9-4-2-5-10-20)27-24(23)21-11-6-3-7-12-21/h2-13,16,18-19H,14-15,17H2,1H3,(H,26,29). The van der Waals surface area contributed by atoms with E-state index in [9.17, 15) is 4.79 Å². The van der Waals surface area contributed by atoms with Crippen LogP contribution in [-0.2, 0) is 13.0 Å². The first-order chi connectivity index (χ1) is 14.7. The van der Waals surface area contributed by atoms with E-state index in [0.29, 0.717) is 17.8 Å². The average molecular weight is 399 g/mol. The van der Waals surface area contributed by atoms with Crippen molar-refractivity contribution in [3.05, 3.63) is 102 Å². The summed E-state index contributed by atoms with van der Waals surface area (Å²) in [5.41, 5.74) is 3.35. The van der Waals surface area contributed by atoms with Crippen LogP contribution < -0.4 is 5.32 Å². The van der Waals surface area contributed by atoms with Gasteiger partial charge in [0.25, 0.3) is 5.91 Å². The molecule has 2 heterocycles. The smallest absolute Gasteiger partial charge is 0.255 e. The topological polar surface area (TPSA) is 60.1 Å². The normalized spacial score (nSPS) is 11.9. The van der Waals surface area contributed by atoms with Crippen molar-refractivity contribution in [2.24, 2.45) is 0 Å². The molecular formula is C25H25N3O2. The lowest BCUT2D eigenvalue weighted by Crippen LogP contribution is -2.33. The number of hydrogen-bond donors (Lipinski definition) is 1. The predicted molar refractivity (Wildman–Crippen MR) is 117 cm³/mol. The van der Waals surface area contributed by atoms with Crippen LogP contribution in [0.5, 0.6) is 0 Å². The minimum atomic E-state index is -0.111. The third kappa shape index (κ3) is 4.87. The van der Waals surface area contributed by atoms with Gasteiger partial charge < -0.3 is 9.73 Å². The van der Waals surface area contributed by atoms with Gasteiger partial charge in [-0.2, -0.15) is 5.10 Å². The largest absolute Gasteiger partial charge is 0.469 e. The van der Waals surface area contributed by atoms with Gasteiger partial charge in [0.2, 0.25) is 0 Å². The number of nitrogens with one attached hydrogen (secondary N) is 1. The molecule has 1 amide bonds. The number of aromatic nitrogens is 2. The second kappa shape index (κ2) is 9.27. The number of carbonyl (C=O) groups excluding carboxylic acids is 1. The summed E-state index contributed by atoms with van der Waals surface area (Å²) >= 11 is 0. The molecule has 4 aromatic rings. The number of furan rings is 1. The maximum atomic E-state index is 13.1. The molecule has 0 radical (unpaired) electrons. The molecule has 1 atom stereocenters. The fourth-order valence-electron chi connectivity index (χ4n) is 3.44. The van der Waals surface area contributed by atoms with E-state index < -0.39 is 0 Å². The fraction of sp³-hybridized carbons (Fsp3) is 0.200. The first kappa shape index (κ1) is 19.7. The Labute approximate surface area is 176 Å². The van der Waals surface area contributed by atoms with E-state index in [1.807, 2.05) is 78.5 Å². The number of hydrogen-bond acceptors (Lipinski definition) is 3. The molecule has 0 saturated carbocycles. The molecule has 5 heteroatoms. The lowest BCUT2D eigenvalue weighted by molar-refractivity contribution is 0.0938. The van der Waals surface area contributed by atoms with Crippen molar-refractivity contribution >= 4 is 5.91 Å². The highest BCUT2D eigenvalue weighted by molar-refractivity contribution is 5.99. The molecule has 2 aromatic carbocycles. The van der Waals surface area contributed by atoms with Gasteiger partial charge in [0.1, 0.15) is 11.5 Å². The third-order valence-electron chi connectivity index (χ3n) is 5.02. The molecule has 152 valence electrons. The van der Waals surface area contributed by atoms with Gasteiger partial charge >= 0.3 is 0 Å². The van der Waals surface area contributed by atoms with E-state index in [0.717, 1.165) is 29.7 Å². The van der Waals surface area contributed by atoms with Crippen LogP contribution in [0.25, 0.3) is 11.3 Å². The van der Waals surface area contributed by atoms with Crippen LogP contribution in [-0.4, -0.2) is 21.7 Å². The molecule has 4 rings (SSSR count). The zero-order valence-corrected chi connectivity index (χ0v) is 17.0. The van der Waals surface area contributed by atoms with Crippen molar-refractivity contribution in [3.8, 4) is 11.3 Å². The van der Waals surface area contributed by atoms with E-state index in [1.54, 1.807) is 6.26 Å². The van der Waals surface area contributed by atoms with Crippen molar-refractivity contribution in [1.29, 1.82) is 0 Å². The van der Waals surface area contributed by atoms with Gasteiger partial charge in [0, 0.05) is 24.2 Å². The molecule has 0 spiro atoms. The van der Waals surface area contributed by atoms with Crippen molar-refractivity contribution in [3.63, 3.8) is 0 Å². The van der Waals surface area contributed by atoms with Gasteiger partial charge in [-0.15, -0.1) is 0 Å². The number of nitrogens with zero attached hydrogens (tertiary/aromatic N) is 2. The van der Waals surface area contributed by atoms with E-state index in [4.69, 9.17) is 9.52 Å². The molecule has 0 aliphatic carbocycles. The molecule has 0 bridgehead atoms. The lowest BCUT2D eigenvalue weighted by Gasteiger charge is -2.13. The molecule has 0 aliphatic rings. The first-order valence-corrected chi connectivity index (χ1v) is 10.2. The molecular weight excluding hydrogens is 374 g/mol. The Morgan fingerprint density at radius 3 is 2.47 bits per heavy atom. The van der Waals surface area contributed by atoms with E-state index in [2.05, 4.69) is 17.4 Å². The van der Waals surface area contributed by atoms with Crippen molar-refractivity contribution in [2.75, 3.05) is 0 Å². The summed E-state index contributed by atoms with van der Waals surface area (Å²) in [7, 11) is 0. The number of benzene rings is 2. The summed E-state index contributed by atoms with van der Waals surface area (Å²) in [6.45, 7) is 2.62. The second-order valence-electron chi connectivity index (χ2n) is 7.43. The maximum Gasteiger partial charge on any atom is 0.255 e. The Bertz CT molecular complexity index is 1070. The SMILES string of the molecule is CC(CCc1ccco1)NC(=O)c1cn(Cc2ccccc2)nc1-c1ccccc1. The number of carbonyl (C=O) groups is 1. The Kier molecular flexibility index (Phi) is 6.09. The van der Waals surface area contributed by atoms with Gasteiger partial charge in [0.15, 0.2) is 0 Å². The van der Waals surface area contributed by atoms with Crippen LogP contribution in [0, 0.1) is 0 Å². The van der Waals surface area contributed by atoms with Crippen molar-refractivity contribution < 1.29 is 9.21 Å². The summed E-state index contributed by atoms with van der Waals surface area (Å²) in [6.07, 6.45) is 5.10. The molecule has 1 N–H and O–H groups in total. The minimum absolute atomic E-state index is 0.0173. The highest BCUT2D eigenvalue weighted by atomic mass is 16.3. The van der Waals surface area contributed by atoms with Gasteiger partial charge in [0.05, 0.1) is 18.4 Å². The van der Waals surface area contributed by atoms with Crippen molar-refractivity contribution in [1.82, 2.24) is 15.1 Å². The predicted octanol–water partition coefficient (Wildman–Crippen LogP) is 4.94. The Morgan fingerprint density at radius 1 is 1.03 bits per heavy atom. The first-order valence-electron chi connectivity index (χ1n) is 10.2. The quantitative estimate of drug-likeness (QED) is 0.456. The van der Waals surface area contributed by atoms with Crippen molar-refractivity contribution in [2.45, 2.75) is 32.4 Å². The summed E-state index contributed by atoms with van der Waals surface area (Å²) in [5.74, 6) is 0.817. The van der Waals surface area contributed by atoms with Crippen LogP contribution in [0.15, 0.2) is 89.7 Å². The summed E-state index contributed by atoms with van der Waals surface area (Å²) in [5, 5.41) is 7.84. The van der Waals surface area contributed by atoms with Gasteiger partial charge in [-0.25, -0.2) is 0 Å². The lowest BCUT2D eigenvalue weighted by atomic mass is 10.1. The maximum absolute atomic E-state index is 13.1. The fourth-order valence-corrected chi connectivity index (χ4v) is 3.44. The third-order valence-corrected chi connectivity index (χ3v) is 5.02. The monoisotopic (exact) mass is 399 g/mol. The molecule has 0 fully saturated rings. The number of amides is 1. The van der Waals surface area contributed by atoms with Crippen LogP contribution in [0.4, 0.5) is 0 Å². The number of rotatable bonds is 8. The molecule has 2 aromatic heterocycles. The summed E-state index contributed by atoms with van der Waals surface area (Å²) in [6, 6.07) is 23.8. The van der Waals surface area contributed by atoms with Crippen LogP contribution in [0.3, 0.4) is 0 Å². The average Bonchev–Trinajstić information content (AvgIpc) is 3.44. The second-order valence-corrected chi connectivity index (χ2v) is 7.43. The Morgan fingerprint density at radius 2 is 1.77 bits per heavy atom. The summed E-state index contributed by atoms with van der Waals surface area (Å²) < 4.78 is 7.22. The van der Waals surface area contributed by atoms with Crippen LogP contribution >= 0.6 is 0 Å². The van der Waals surface area contributed by atoms with Crippen LogP contribution in [0.2, 0.25) is 0 Å². The van der Waals surface area contributed by atoms with E-state index in [-0.39, 0.29) is 11.9 Å². The molecule has 1 unspecified atom stereocenters. The minimum Gasteiger partial charge on any atom is -0.469 e. The molecule has 0 aliphatic heterocycles. The van der Waals surface area contributed by atoms with E-state index in [1.165, 1.54) is 0 Å². The molecule has 0 saturated heterocycles. The number of aryl methyl sites for hydroxylation is 1. The Balaban J connectivity index is 1.53. The van der Waals surface area contributed by atoms with Crippen LogP contribution in [0.1, 0.15) is 35.0 Å². The zero-order chi connectivity index (χ0) is 20.8. The van der Waals surface area contributed by atoms with Gasteiger partial charge in [-0.05, 0) is 31.0 Å². The zero-order valence-electron chi connectivity index (χ0n) is 17.0. The highest BCUT2D eigenvalue weighted by Crippen LogP contribution is 2.22. The van der Waals surface area contributed by atoms with Gasteiger partial charge in [-0.1, -0.05) is 60.7 Å².